The van der Waals surface area contributed by atoms with Crippen LogP contribution in [0.2, 0.25) is 0 Å². The predicted octanol–water partition coefficient (Wildman–Crippen LogP) is 1.03. The first-order chi connectivity index (χ1) is 9.77. The Hall–Kier alpha value is -1.47. The van der Waals surface area contributed by atoms with Gasteiger partial charge in [-0.15, -0.1) is 0 Å². The second kappa shape index (κ2) is 7.51. The van der Waals surface area contributed by atoms with Gasteiger partial charge in [0.05, 0.1) is 23.5 Å². The Morgan fingerprint density at radius 2 is 2.24 bits per heavy atom. The maximum atomic E-state index is 12.1. The summed E-state index contributed by atoms with van der Waals surface area (Å²) in [6.45, 7) is 5.73. The lowest BCUT2D eigenvalue weighted by atomic mass is 9.89. The van der Waals surface area contributed by atoms with Crippen LogP contribution in [0, 0.1) is 5.41 Å². The number of aryl methyl sites for hydroxylation is 1. The minimum atomic E-state index is -0.287. The largest absolute Gasteiger partial charge is 0.393 e. The lowest BCUT2D eigenvalue weighted by molar-refractivity contribution is 0.206. The van der Waals surface area contributed by atoms with Crippen LogP contribution in [0.15, 0.2) is 17.1 Å². The maximum Gasteiger partial charge on any atom is 0.268 e. The first-order valence-corrected chi connectivity index (χ1v) is 7.26. The van der Waals surface area contributed by atoms with E-state index in [-0.39, 0.29) is 11.0 Å². The summed E-state index contributed by atoms with van der Waals surface area (Å²) in [5.41, 5.74) is 6.05. The van der Waals surface area contributed by atoms with Gasteiger partial charge in [-0.25, -0.2) is 4.68 Å². The number of anilines is 1. The summed E-state index contributed by atoms with van der Waals surface area (Å²) in [6.07, 6.45) is 2.36. The summed E-state index contributed by atoms with van der Waals surface area (Å²) in [7, 11) is 3.55. The summed E-state index contributed by atoms with van der Waals surface area (Å²) in [5.74, 6) is 0. The van der Waals surface area contributed by atoms with Gasteiger partial charge in [-0.2, -0.15) is 5.10 Å². The van der Waals surface area contributed by atoms with E-state index >= 15 is 0 Å². The second-order valence-corrected chi connectivity index (χ2v) is 6.13. The zero-order valence-electron chi connectivity index (χ0n) is 13.1. The maximum absolute atomic E-state index is 12.1. The van der Waals surface area contributed by atoms with E-state index in [4.69, 9.17) is 22.7 Å². The van der Waals surface area contributed by atoms with Gasteiger partial charge in [0, 0.05) is 38.7 Å². The van der Waals surface area contributed by atoms with Crippen molar-refractivity contribution in [3.05, 3.63) is 22.6 Å². The molecule has 1 heterocycles. The average molecular weight is 312 g/mol. The highest BCUT2D eigenvalue weighted by molar-refractivity contribution is 7.80. The van der Waals surface area contributed by atoms with E-state index in [0.717, 1.165) is 5.69 Å². The van der Waals surface area contributed by atoms with Crippen molar-refractivity contribution in [2.45, 2.75) is 26.8 Å². The minimum Gasteiger partial charge on any atom is -0.393 e. The molecule has 0 unspecified atom stereocenters. The first-order valence-electron chi connectivity index (χ1n) is 6.85. The van der Waals surface area contributed by atoms with E-state index in [1.807, 2.05) is 25.8 Å². The van der Waals surface area contributed by atoms with Crippen molar-refractivity contribution >= 4 is 22.9 Å². The van der Waals surface area contributed by atoms with Crippen molar-refractivity contribution in [1.29, 1.82) is 0 Å². The molecule has 118 valence electrons. The number of hydrogen-bond acceptors (Lipinski definition) is 5. The average Bonchev–Trinajstić information content (AvgIpc) is 2.43. The van der Waals surface area contributed by atoms with E-state index in [1.54, 1.807) is 19.4 Å². The van der Waals surface area contributed by atoms with Crippen molar-refractivity contribution in [2.24, 2.45) is 11.1 Å². The highest BCUT2D eigenvalue weighted by Gasteiger charge is 2.21. The van der Waals surface area contributed by atoms with E-state index in [1.165, 1.54) is 4.68 Å². The summed E-state index contributed by atoms with van der Waals surface area (Å²) in [6, 6.07) is 1.58. The third kappa shape index (κ3) is 5.09. The molecule has 1 rings (SSSR count). The van der Waals surface area contributed by atoms with Crippen molar-refractivity contribution < 1.29 is 4.74 Å². The standard InChI is InChI=1S/C14H24N4O2S/c1-14(2,13(15)21)5-6-18-12(19)9-11(10-16-18)17(3)7-8-20-4/h9-10H,5-8H2,1-4H3,(H2,15,21). The molecule has 0 aromatic carbocycles. The lowest BCUT2D eigenvalue weighted by Gasteiger charge is -2.23. The molecule has 0 radical (unpaired) electrons. The topological polar surface area (TPSA) is 73.4 Å². The molecule has 1 aromatic heterocycles. The van der Waals surface area contributed by atoms with Gasteiger partial charge >= 0.3 is 0 Å². The number of nitrogens with zero attached hydrogens (tertiary/aromatic N) is 3. The molecule has 2 N–H and O–H groups in total. The number of nitrogens with two attached hydrogens (primary N) is 1. The third-order valence-corrected chi connectivity index (χ3v) is 4.09. The zero-order chi connectivity index (χ0) is 16.0. The molecule has 0 aliphatic heterocycles. The van der Waals surface area contributed by atoms with Crippen molar-refractivity contribution in [3.63, 3.8) is 0 Å². The van der Waals surface area contributed by atoms with Crippen LogP contribution >= 0.6 is 12.2 Å². The molecule has 0 spiro atoms. The number of methoxy groups -OCH3 is 1. The van der Waals surface area contributed by atoms with Gasteiger partial charge in [0.1, 0.15) is 0 Å². The molecule has 0 aliphatic carbocycles. The molecule has 0 amide bonds. The fraction of sp³-hybridized carbons (Fsp3) is 0.643. The lowest BCUT2D eigenvalue weighted by Crippen LogP contribution is -2.33. The minimum absolute atomic E-state index is 0.129. The van der Waals surface area contributed by atoms with E-state index in [9.17, 15) is 4.79 Å². The molecular weight excluding hydrogens is 288 g/mol. The van der Waals surface area contributed by atoms with Crippen LogP contribution in [0.3, 0.4) is 0 Å². The molecule has 0 aliphatic rings. The quantitative estimate of drug-likeness (QED) is 0.723. The molecular formula is C14H24N4O2S. The van der Waals surface area contributed by atoms with Gasteiger partial charge < -0.3 is 15.4 Å². The number of hydrogen-bond donors (Lipinski definition) is 1. The molecule has 0 saturated carbocycles. The molecule has 0 atom stereocenters. The van der Waals surface area contributed by atoms with Crippen LogP contribution in [0.25, 0.3) is 0 Å². The van der Waals surface area contributed by atoms with Crippen LogP contribution < -0.4 is 16.2 Å². The summed E-state index contributed by atoms with van der Waals surface area (Å²) >= 11 is 5.03. The number of aromatic nitrogens is 2. The molecule has 21 heavy (non-hydrogen) atoms. The second-order valence-electron chi connectivity index (χ2n) is 5.69. The Morgan fingerprint density at radius 3 is 2.76 bits per heavy atom. The summed E-state index contributed by atoms with van der Waals surface area (Å²) in [4.78, 5) is 14.5. The molecule has 0 saturated heterocycles. The molecule has 6 nitrogen and oxygen atoms in total. The number of thiocarbonyl (C=S) groups is 1. The number of ether oxygens (including phenoxy) is 1. The molecule has 7 heteroatoms. The van der Waals surface area contributed by atoms with Crippen molar-refractivity contribution in [2.75, 3.05) is 32.2 Å². The highest BCUT2D eigenvalue weighted by atomic mass is 32.1. The SMILES string of the molecule is COCCN(C)c1cnn(CCC(C)(C)C(N)=S)c(=O)c1. The van der Waals surface area contributed by atoms with Gasteiger partial charge in [-0.3, -0.25) is 4.79 Å². The van der Waals surface area contributed by atoms with Crippen LogP contribution in [-0.4, -0.2) is 42.1 Å². The summed E-state index contributed by atoms with van der Waals surface area (Å²) in [5, 5.41) is 4.21. The van der Waals surface area contributed by atoms with Gasteiger partial charge in [0.15, 0.2) is 0 Å². The molecule has 0 bridgehead atoms. The Morgan fingerprint density at radius 1 is 1.57 bits per heavy atom. The highest BCUT2D eigenvalue weighted by Crippen LogP contribution is 2.21. The Kier molecular flexibility index (Phi) is 6.29. The zero-order valence-corrected chi connectivity index (χ0v) is 13.9. The van der Waals surface area contributed by atoms with Crippen LogP contribution in [-0.2, 0) is 11.3 Å². The van der Waals surface area contributed by atoms with Crippen LogP contribution in [0.1, 0.15) is 20.3 Å². The molecule has 1 aromatic rings. The van der Waals surface area contributed by atoms with Gasteiger partial charge in [-0.05, 0) is 6.42 Å². The van der Waals surface area contributed by atoms with Crippen LogP contribution in [0.5, 0.6) is 0 Å². The van der Waals surface area contributed by atoms with Gasteiger partial charge in [0.25, 0.3) is 5.56 Å². The normalized spacial score (nSPS) is 11.4. The fourth-order valence-electron chi connectivity index (χ4n) is 1.67. The first kappa shape index (κ1) is 17.6. The predicted molar refractivity (Wildman–Crippen MR) is 88.8 cm³/mol. The Bertz CT molecular complexity index is 542. The van der Waals surface area contributed by atoms with E-state index in [0.29, 0.717) is 31.1 Å². The van der Waals surface area contributed by atoms with Gasteiger partial charge in [-0.1, -0.05) is 26.1 Å². The fourth-order valence-corrected chi connectivity index (χ4v) is 1.77. The Balaban J connectivity index is 2.75. The monoisotopic (exact) mass is 312 g/mol. The Labute approximate surface area is 130 Å². The molecule has 0 fully saturated rings. The number of rotatable bonds is 8. The van der Waals surface area contributed by atoms with E-state index in [2.05, 4.69) is 5.10 Å². The third-order valence-electron chi connectivity index (χ3n) is 3.54. The van der Waals surface area contributed by atoms with Gasteiger partial charge in [0.2, 0.25) is 0 Å². The van der Waals surface area contributed by atoms with Crippen molar-refractivity contribution in [1.82, 2.24) is 9.78 Å². The summed E-state index contributed by atoms with van der Waals surface area (Å²) < 4.78 is 6.46. The van der Waals surface area contributed by atoms with Crippen LogP contribution in [0.4, 0.5) is 5.69 Å². The smallest absolute Gasteiger partial charge is 0.268 e. The van der Waals surface area contributed by atoms with Crippen molar-refractivity contribution in [3.8, 4) is 0 Å². The number of likely N-dealkylation sites (N-methyl/N-ethyl adjacent to an activating group) is 1. The van der Waals surface area contributed by atoms with E-state index < -0.39 is 0 Å².